The third-order valence-corrected chi connectivity index (χ3v) is 3.58. The van der Waals surface area contributed by atoms with E-state index in [-0.39, 0.29) is 18.6 Å². The van der Waals surface area contributed by atoms with Gasteiger partial charge in [-0.3, -0.25) is 4.79 Å². The quantitative estimate of drug-likeness (QED) is 0.781. The van der Waals surface area contributed by atoms with E-state index in [0.29, 0.717) is 13.1 Å². The Hall–Kier alpha value is -1.52. The summed E-state index contributed by atoms with van der Waals surface area (Å²) in [5.74, 6) is -0.867. The molecule has 0 saturated carbocycles. The van der Waals surface area contributed by atoms with Gasteiger partial charge in [0.05, 0.1) is 5.41 Å². The molecule has 102 valence electrons. The fraction of sp³-hybridized carbons (Fsp3) is 0.692. The molecular weight excluding hydrogens is 234 g/mol. The van der Waals surface area contributed by atoms with Crippen LogP contribution in [0.15, 0.2) is 12.7 Å². The molecule has 1 fully saturated rings. The number of rotatable bonds is 4. The van der Waals surface area contributed by atoms with Gasteiger partial charge in [-0.25, -0.2) is 4.79 Å². The Bertz CT molecular complexity index is 338. The maximum atomic E-state index is 11.7. The van der Waals surface area contributed by atoms with Crippen LogP contribution in [-0.2, 0) is 9.53 Å². The van der Waals surface area contributed by atoms with E-state index in [1.54, 1.807) is 18.7 Å². The minimum atomic E-state index is -0.825. The third-order valence-electron chi connectivity index (χ3n) is 3.58. The lowest BCUT2D eigenvalue weighted by Gasteiger charge is -2.38. The Balaban J connectivity index is 2.63. The fourth-order valence-corrected chi connectivity index (χ4v) is 2.13. The summed E-state index contributed by atoms with van der Waals surface area (Å²) in [6.45, 7) is 8.15. The highest BCUT2D eigenvalue weighted by Gasteiger charge is 2.40. The van der Waals surface area contributed by atoms with Crippen molar-refractivity contribution in [1.29, 1.82) is 0 Å². The standard InChI is InChI=1S/C13H21NO4/c1-4-8-18-12(17)14-7-5-6-10(9-14)13(2,3)11(15)16/h4,10H,1,5-9H2,2-3H3,(H,15,16). The number of hydrogen-bond acceptors (Lipinski definition) is 3. The van der Waals surface area contributed by atoms with Gasteiger partial charge >= 0.3 is 12.1 Å². The molecule has 1 atom stereocenters. The number of carbonyl (C=O) groups is 2. The van der Waals surface area contributed by atoms with Gasteiger partial charge in [0.15, 0.2) is 0 Å². The van der Waals surface area contributed by atoms with E-state index in [1.807, 2.05) is 0 Å². The van der Waals surface area contributed by atoms with Crippen LogP contribution >= 0.6 is 0 Å². The summed E-state index contributed by atoms with van der Waals surface area (Å²) in [4.78, 5) is 24.5. The van der Waals surface area contributed by atoms with Crippen LogP contribution in [0.5, 0.6) is 0 Å². The van der Waals surface area contributed by atoms with Crippen molar-refractivity contribution >= 4 is 12.1 Å². The van der Waals surface area contributed by atoms with Crippen molar-refractivity contribution in [3.05, 3.63) is 12.7 Å². The molecule has 1 saturated heterocycles. The number of nitrogens with zero attached hydrogens (tertiary/aromatic N) is 1. The first-order valence-corrected chi connectivity index (χ1v) is 6.15. The van der Waals surface area contributed by atoms with Crippen LogP contribution in [0.25, 0.3) is 0 Å². The molecule has 0 radical (unpaired) electrons. The molecule has 0 aromatic carbocycles. The number of piperidine rings is 1. The first kappa shape index (κ1) is 14.5. The highest BCUT2D eigenvalue weighted by molar-refractivity contribution is 5.74. The number of aliphatic carboxylic acids is 1. The van der Waals surface area contributed by atoms with E-state index < -0.39 is 11.4 Å². The molecule has 0 aromatic heterocycles. The van der Waals surface area contributed by atoms with Gasteiger partial charge in [0.25, 0.3) is 0 Å². The number of likely N-dealkylation sites (tertiary alicyclic amines) is 1. The highest BCUT2D eigenvalue weighted by Crippen LogP contribution is 2.34. The normalized spacial score (nSPS) is 20.3. The minimum Gasteiger partial charge on any atom is -0.481 e. The summed E-state index contributed by atoms with van der Waals surface area (Å²) in [6.07, 6.45) is 2.76. The average molecular weight is 255 g/mol. The molecule has 0 bridgehead atoms. The molecule has 0 aliphatic carbocycles. The van der Waals surface area contributed by atoms with Crippen LogP contribution in [0.3, 0.4) is 0 Å². The molecule has 18 heavy (non-hydrogen) atoms. The molecule has 0 aromatic rings. The summed E-state index contributed by atoms with van der Waals surface area (Å²) >= 11 is 0. The van der Waals surface area contributed by atoms with Gasteiger partial charge in [0, 0.05) is 13.1 Å². The predicted octanol–water partition coefficient (Wildman–Crippen LogP) is 2.13. The van der Waals surface area contributed by atoms with E-state index in [4.69, 9.17) is 4.74 Å². The lowest BCUT2D eigenvalue weighted by Crippen LogP contribution is -2.47. The van der Waals surface area contributed by atoms with Crippen LogP contribution in [0, 0.1) is 11.3 Å². The maximum absolute atomic E-state index is 11.7. The van der Waals surface area contributed by atoms with Gasteiger partial charge in [-0.1, -0.05) is 12.7 Å². The van der Waals surface area contributed by atoms with Gasteiger partial charge in [-0.15, -0.1) is 0 Å². The van der Waals surface area contributed by atoms with Gasteiger partial charge < -0.3 is 14.7 Å². The topological polar surface area (TPSA) is 66.8 Å². The first-order valence-electron chi connectivity index (χ1n) is 6.15. The Labute approximate surface area is 107 Å². The number of ether oxygens (including phenoxy) is 1. The number of amides is 1. The number of hydrogen-bond donors (Lipinski definition) is 1. The highest BCUT2D eigenvalue weighted by atomic mass is 16.6. The van der Waals surface area contributed by atoms with Gasteiger partial charge in [0.1, 0.15) is 6.61 Å². The molecule has 0 spiro atoms. The Morgan fingerprint density at radius 2 is 2.22 bits per heavy atom. The number of carboxylic acid groups (broad SMARTS) is 1. The van der Waals surface area contributed by atoms with Crippen LogP contribution in [0.2, 0.25) is 0 Å². The summed E-state index contributed by atoms with van der Waals surface area (Å²) in [6, 6.07) is 0. The van der Waals surface area contributed by atoms with Crippen LogP contribution in [-0.4, -0.2) is 41.8 Å². The number of carbonyl (C=O) groups excluding carboxylic acids is 1. The summed E-state index contributed by atoms with van der Waals surface area (Å²) < 4.78 is 4.97. The second kappa shape index (κ2) is 5.89. The van der Waals surface area contributed by atoms with Crippen molar-refractivity contribution in [3.8, 4) is 0 Å². The molecule has 1 rings (SSSR count). The van der Waals surface area contributed by atoms with Crippen LogP contribution in [0.1, 0.15) is 26.7 Å². The van der Waals surface area contributed by atoms with Gasteiger partial charge in [-0.05, 0) is 32.6 Å². The van der Waals surface area contributed by atoms with E-state index in [2.05, 4.69) is 6.58 Å². The maximum Gasteiger partial charge on any atom is 0.410 e. The van der Waals surface area contributed by atoms with E-state index in [9.17, 15) is 14.7 Å². The Morgan fingerprint density at radius 1 is 1.56 bits per heavy atom. The monoisotopic (exact) mass is 255 g/mol. The van der Waals surface area contributed by atoms with Crippen molar-refractivity contribution in [3.63, 3.8) is 0 Å². The van der Waals surface area contributed by atoms with Crippen molar-refractivity contribution < 1.29 is 19.4 Å². The van der Waals surface area contributed by atoms with Crippen molar-refractivity contribution in [2.75, 3.05) is 19.7 Å². The number of carboxylic acids is 1. The van der Waals surface area contributed by atoms with E-state index >= 15 is 0 Å². The molecule has 1 N–H and O–H groups in total. The van der Waals surface area contributed by atoms with Gasteiger partial charge in [-0.2, -0.15) is 0 Å². The fourth-order valence-electron chi connectivity index (χ4n) is 2.13. The van der Waals surface area contributed by atoms with E-state index in [0.717, 1.165) is 12.8 Å². The van der Waals surface area contributed by atoms with Crippen LogP contribution < -0.4 is 0 Å². The lowest BCUT2D eigenvalue weighted by molar-refractivity contribution is -0.151. The smallest absolute Gasteiger partial charge is 0.410 e. The minimum absolute atomic E-state index is 0.0416. The molecule has 1 unspecified atom stereocenters. The third kappa shape index (κ3) is 3.24. The van der Waals surface area contributed by atoms with E-state index in [1.165, 1.54) is 6.08 Å². The summed E-state index contributed by atoms with van der Waals surface area (Å²) in [5, 5.41) is 9.21. The second-order valence-electron chi connectivity index (χ2n) is 5.18. The van der Waals surface area contributed by atoms with Crippen molar-refractivity contribution in [2.45, 2.75) is 26.7 Å². The van der Waals surface area contributed by atoms with Crippen LogP contribution in [0.4, 0.5) is 4.79 Å². The zero-order chi connectivity index (χ0) is 13.8. The molecule has 5 heteroatoms. The average Bonchev–Trinajstić information content (AvgIpc) is 2.35. The molecule has 1 heterocycles. The summed E-state index contributed by atoms with van der Waals surface area (Å²) in [5.41, 5.74) is -0.822. The molecule has 1 aliphatic heterocycles. The van der Waals surface area contributed by atoms with Crippen molar-refractivity contribution in [1.82, 2.24) is 4.90 Å². The second-order valence-corrected chi connectivity index (χ2v) is 5.18. The zero-order valence-electron chi connectivity index (χ0n) is 11.0. The SMILES string of the molecule is C=CCOC(=O)N1CCCC(C(C)(C)C(=O)O)C1. The first-order chi connectivity index (χ1) is 8.39. The largest absolute Gasteiger partial charge is 0.481 e. The zero-order valence-corrected chi connectivity index (χ0v) is 11.0. The molecule has 1 aliphatic rings. The van der Waals surface area contributed by atoms with Crippen molar-refractivity contribution in [2.24, 2.45) is 11.3 Å². The Morgan fingerprint density at radius 3 is 2.78 bits per heavy atom. The summed E-state index contributed by atoms with van der Waals surface area (Å²) in [7, 11) is 0. The Kier molecular flexibility index (Phi) is 4.76. The lowest BCUT2D eigenvalue weighted by atomic mass is 9.75. The van der Waals surface area contributed by atoms with Gasteiger partial charge in [0.2, 0.25) is 0 Å². The molecule has 5 nitrogen and oxygen atoms in total. The molecular formula is C13H21NO4. The predicted molar refractivity (Wildman–Crippen MR) is 67.3 cm³/mol. The molecule has 1 amide bonds.